The van der Waals surface area contributed by atoms with Crippen molar-refractivity contribution in [3.05, 3.63) is 194 Å². The standard InChI is InChI=1S/C56H33N7O2/c1-4-16-33(17-5-1)37-22-10-11-23-38(37)54-58-50-49(40-25-14-28-45-47(40)39-24-12-13-27-43(39)64-45)57-55(63-56(50)62-54)41-26-15-29-46-48(41)42-32-36(30-31-44(42)65-46)53-60-51(34-18-6-2-7-19-34)59-52(61-53)35-20-8-3-9-21-35/h1-32H,(H,57,58,62,63). The van der Waals surface area contributed by atoms with Crippen molar-refractivity contribution in [3.63, 3.8) is 0 Å². The molecular formula is C56H33N7O2. The van der Waals surface area contributed by atoms with Gasteiger partial charge < -0.3 is 13.8 Å². The van der Waals surface area contributed by atoms with Crippen molar-refractivity contribution in [2.75, 3.05) is 0 Å². The Bertz CT molecular complexity index is 3900. The molecule has 5 aromatic heterocycles. The summed E-state index contributed by atoms with van der Waals surface area (Å²) in [5.41, 5.74) is 12.4. The predicted molar refractivity (Wildman–Crippen MR) is 258 cm³/mol. The first-order chi connectivity index (χ1) is 32.2. The number of aromatic nitrogens is 7. The molecule has 1 N–H and O–H groups in total. The number of nitrogens with one attached hydrogen (secondary N) is 1. The van der Waals surface area contributed by atoms with E-state index in [4.69, 9.17) is 38.7 Å². The quantitative estimate of drug-likeness (QED) is 0.169. The average Bonchev–Trinajstić information content (AvgIpc) is 4.10. The molecule has 9 nitrogen and oxygen atoms in total. The number of benzene rings is 8. The van der Waals surface area contributed by atoms with Crippen LogP contribution in [0.3, 0.4) is 0 Å². The van der Waals surface area contributed by atoms with Gasteiger partial charge in [0.1, 0.15) is 39.4 Å². The highest BCUT2D eigenvalue weighted by Gasteiger charge is 2.24. The van der Waals surface area contributed by atoms with Gasteiger partial charge in [-0.3, -0.25) is 0 Å². The Balaban J connectivity index is 1.04. The summed E-state index contributed by atoms with van der Waals surface area (Å²) < 4.78 is 13.0. The summed E-state index contributed by atoms with van der Waals surface area (Å²) in [6.45, 7) is 0. The Kier molecular flexibility index (Phi) is 8.32. The molecule has 0 radical (unpaired) electrons. The zero-order valence-corrected chi connectivity index (χ0v) is 34.5. The minimum atomic E-state index is 0.503. The Morgan fingerprint density at radius 3 is 1.54 bits per heavy atom. The lowest BCUT2D eigenvalue weighted by Gasteiger charge is -2.09. The number of nitrogens with zero attached hydrogens (tertiary/aromatic N) is 6. The molecule has 9 heteroatoms. The lowest BCUT2D eigenvalue weighted by molar-refractivity contribution is 0.668. The van der Waals surface area contributed by atoms with Crippen LogP contribution in [0.2, 0.25) is 0 Å². The van der Waals surface area contributed by atoms with Crippen molar-refractivity contribution < 1.29 is 8.83 Å². The Morgan fingerprint density at radius 1 is 0.323 bits per heavy atom. The molecule has 65 heavy (non-hydrogen) atoms. The minimum absolute atomic E-state index is 0.503. The van der Waals surface area contributed by atoms with Crippen LogP contribution >= 0.6 is 0 Å². The molecule has 304 valence electrons. The lowest BCUT2D eigenvalue weighted by atomic mass is 9.99. The molecule has 13 rings (SSSR count). The zero-order valence-electron chi connectivity index (χ0n) is 34.5. The molecule has 0 saturated carbocycles. The lowest BCUT2D eigenvalue weighted by Crippen LogP contribution is -2.00. The van der Waals surface area contributed by atoms with Crippen LogP contribution < -0.4 is 0 Å². The summed E-state index contributed by atoms with van der Waals surface area (Å²) in [5.74, 6) is 2.92. The molecular weight excluding hydrogens is 803 g/mol. The fraction of sp³-hybridized carbons (Fsp3) is 0. The van der Waals surface area contributed by atoms with E-state index >= 15 is 0 Å². The second-order valence-electron chi connectivity index (χ2n) is 15.9. The molecule has 0 atom stereocenters. The number of hydrogen-bond donors (Lipinski definition) is 1. The molecule has 0 aliphatic carbocycles. The van der Waals surface area contributed by atoms with Gasteiger partial charge in [0.05, 0.1) is 0 Å². The van der Waals surface area contributed by atoms with Gasteiger partial charge in [-0.25, -0.2) is 29.9 Å². The third-order valence-electron chi connectivity index (χ3n) is 12.0. The maximum atomic E-state index is 6.56. The van der Waals surface area contributed by atoms with Gasteiger partial charge in [-0.2, -0.15) is 0 Å². The van der Waals surface area contributed by atoms with Crippen LogP contribution in [-0.4, -0.2) is 34.9 Å². The van der Waals surface area contributed by atoms with Gasteiger partial charge >= 0.3 is 0 Å². The number of hydrogen-bond acceptors (Lipinski definition) is 8. The molecule has 13 aromatic rings. The van der Waals surface area contributed by atoms with E-state index in [1.54, 1.807) is 0 Å². The molecule has 0 fully saturated rings. The van der Waals surface area contributed by atoms with Crippen LogP contribution in [0.1, 0.15) is 0 Å². The van der Waals surface area contributed by atoms with Gasteiger partial charge in [0, 0.05) is 54.9 Å². The maximum absolute atomic E-state index is 6.56. The molecule has 0 amide bonds. The van der Waals surface area contributed by atoms with E-state index in [1.807, 2.05) is 146 Å². The molecule has 0 aliphatic heterocycles. The maximum Gasteiger partial charge on any atom is 0.182 e. The fourth-order valence-corrected chi connectivity index (χ4v) is 8.96. The van der Waals surface area contributed by atoms with E-state index in [0.29, 0.717) is 57.1 Å². The van der Waals surface area contributed by atoms with Crippen molar-refractivity contribution in [3.8, 4) is 79.3 Å². The normalized spacial score (nSPS) is 11.7. The summed E-state index contributed by atoms with van der Waals surface area (Å²) in [5, 5.41) is 3.71. The first kappa shape index (κ1) is 36.6. The molecule has 0 saturated heterocycles. The smallest absolute Gasteiger partial charge is 0.182 e. The number of rotatable bonds is 7. The molecule has 0 bridgehead atoms. The number of H-pyrrole nitrogens is 1. The zero-order chi connectivity index (χ0) is 42.8. The van der Waals surface area contributed by atoms with E-state index < -0.39 is 0 Å². The van der Waals surface area contributed by atoms with Gasteiger partial charge in [-0.15, -0.1) is 0 Å². The van der Waals surface area contributed by atoms with Crippen molar-refractivity contribution in [2.24, 2.45) is 0 Å². The topological polar surface area (TPSA) is 119 Å². The van der Waals surface area contributed by atoms with Crippen molar-refractivity contribution in [1.29, 1.82) is 0 Å². The summed E-state index contributed by atoms with van der Waals surface area (Å²) in [6, 6.07) is 64.9. The van der Waals surface area contributed by atoms with Gasteiger partial charge in [-0.1, -0.05) is 158 Å². The predicted octanol–water partition coefficient (Wildman–Crippen LogP) is 14.0. The van der Waals surface area contributed by atoms with Gasteiger partial charge in [0.15, 0.2) is 28.9 Å². The number of furan rings is 2. The van der Waals surface area contributed by atoms with Crippen molar-refractivity contribution >= 4 is 55.0 Å². The van der Waals surface area contributed by atoms with Crippen LogP contribution in [0, 0.1) is 0 Å². The van der Waals surface area contributed by atoms with Crippen LogP contribution in [0.4, 0.5) is 0 Å². The van der Waals surface area contributed by atoms with Crippen molar-refractivity contribution in [1.82, 2.24) is 34.9 Å². The van der Waals surface area contributed by atoms with Crippen molar-refractivity contribution in [2.45, 2.75) is 0 Å². The Morgan fingerprint density at radius 2 is 0.846 bits per heavy atom. The second-order valence-corrected chi connectivity index (χ2v) is 15.9. The number of imidazole rings is 1. The highest BCUT2D eigenvalue weighted by Crippen LogP contribution is 2.42. The Hall–Kier alpha value is -9.08. The van der Waals surface area contributed by atoms with E-state index in [2.05, 4.69) is 53.5 Å². The third kappa shape index (κ3) is 6.17. The van der Waals surface area contributed by atoms with Crippen LogP contribution in [0.15, 0.2) is 203 Å². The average molecular weight is 836 g/mol. The number of aromatic amines is 1. The Labute approximate surface area is 370 Å². The molecule has 0 unspecified atom stereocenters. The SMILES string of the molecule is c1ccc(-c2nc(-c3ccccc3)nc(-c3ccc4oc5cccc(-c6nc(-c7cccc8oc9ccccc9c78)c7[nH]c(-c8ccccc8-c8ccccc8)nc7n6)c5c4c3)n2)cc1. The van der Waals surface area contributed by atoms with Crippen LogP contribution in [0.5, 0.6) is 0 Å². The summed E-state index contributed by atoms with van der Waals surface area (Å²) in [4.78, 5) is 34.6. The highest BCUT2D eigenvalue weighted by atomic mass is 16.3. The second kappa shape index (κ2) is 14.8. The molecule has 0 aliphatic rings. The van der Waals surface area contributed by atoms with Crippen LogP contribution in [-0.2, 0) is 0 Å². The molecule has 5 heterocycles. The molecule has 8 aromatic carbocycles. The minimum Gasteiger partial charge on any atom is -0.456 e. The largest absolute Gasteiger partial charge is 0.456 e. The van der Waals surface area contributed by atoms with Crippen LogP contribution in [0.25, 0.3) is 134 Å². The first-order valence-electron chi connectivity index (χ1n) is 21.4. The monoisotopic (exact) mass is 835 g/mol. The van der Waals surface area contributed by atoms with E-state index in [1.165, 1.54) is 0 Å². The summed E-state index contributed by atoms with van der Waals surface area (Å²) in [6.07, 6.45) is 0. The first-order valence-corrected chi connectivity index (χ1v) is 21.4. The van der Waals surface area contributed by atoms with Gasteiger partial charge in [0.25, 0.3) is 0 Å². The summed E-state index contributed by atoms with van der Waals surface area (Å²) >= 11 is 0. The number of fused-ring (bicyclic) bond motifs is 7. The fourth-order valence-electron chi connectivity index (χ4n) is 8.96. The van der Waals surface area contributed by atoms with Gasteiger partial charge in [0.2, 0.25) is 0 Å². The molecule has 0 spiro atoms. The summed E-state index contributed by atoms with van der Waals surface area (Å²) in [7, 11) is 0. The number of para-hydroxylation sites is 1. The van der Waals surface area contributed by atoms with Gasteiger partial charge in [-0.05, 0) is 47.5 Å². The third-order valence-corrected chi connectivity index (χ3v) is 12.0. The van der Waals surface area contributed by atoms with E-state index in [-0.39, 0.29) is 0 Å². The van der Waals surface area contributed by atoms with E-state index in [0.717, 1.165) is 77.2 Å². The highest BCUT2D eigenvalue weighted by molar-refractivity contribution is 6.15. The van der Waals surface area contributed by atoms with E-state index in [9.17, 15) is 0 Å².